The minimum atomic E-state index is -0.763. The minimum Gasteiger partial charge on any atom is -0.476 e. The molecular formula is C21H20N4O4. The second-order valence-electron chi connectivity index (χ2n) is 7.01. The number of imidazole rings is 1. The van der Waals surface area contributed by atoms with E-state index in [1.807, 2.05) is 42.6 Å². The highest BCUT2D eigenvalue weighted by Crippen LogP contribution is 2.34. The maximum absolute atomic E-state index is 13.4. The summed E-state index contributed by atoms with van der Waals surface area (Å²) < 4.78 is 13.1. The van der Waals surface area contributed by atoms with E-state index in [1.165, 1.54) is 0 Å². The molecule has 0 bridgehead atoms. The topological polar surface area (TPSA) is 76.4 Å². The largest absolute Gasteiger partial charge is 0.476 e. The van der Waals surface area contributed by atoms with Gasteiger partial charge in [-0.2, -0.15) is 0 Å². The smallest absolute Gasteiger partial charge is 0.279 e. The van der Waals surface area contributed by atoms with Crippen molar-refractivity contribution in [3.8, 4) is 5.75 Å². The summed E-state index contributed by atoms with van der Waals surface area (Å²) >= 11 is 0. The lowest BCUT2D eigenvalue weighted by molar-refractivity contribution is -0.142. The lowest BCUT2D eigenvalue weighted by Crippen LogP contribution is -2.54. The summed E-state index contributed by atoms with van der Waals surface area (Å²) in [5.41, 5.74) is 1.71. The highest BCUT2D eigenvalue weighted by atomic mass is 16.5. The van der Waals surface area contributed by atoms with Gasteiger partial charge < -0.3 is 18.8 Å². The molecule has 1 atom stereocenters. The molecule has 4 heterocycles. The van der Waals surface area contributed by atoms with Gasteiger partial charge in [0.2, 0.25) is 0 Å². The van der Waals surface area contributed by atoms with E-state index >= 15 is 0 Å². The second-order valence-corrected chi connectivity index (χ2v) is 7.01. The summed E-state index contributed by atoms with van der Waals surface area (Å²) in [5, 5.41) is 0. The molecule has 0 N–H and O–H groups in total. The molecule has 0 aliphatic carbocycles. The molecule has 2 aliphatic rings. The number of morpholine rings is 1. The SMILES string of the molecule is O=C(C1CN(C(=O)c2ncn3ccccc23)c2ccccc2O1)N1CCOCC1. The van der Waals surface area contributed by atoms with Crippen molar-refractivity contribution in [2.75, 3.05) is 37.7 Å². The molecule has 2 aliphatic heterocycles. The van der Waals surface area contributed by atoms with Crippen molar-refractivity contribution in [2.24, 2.45) is 0 Å². The van der Waals surface area contributed by atoms with Crippen molar-refractivity contribution in [1.82, 2.24) is 14.3 Å². The number of carbonyl (C=O) groups excluding carboxylic acids is 2. The molecule has 0 saturated carbocycles. The minimum absolute atomic E-state index is 0.129. The van der Waals surface area contributed by atoms with Crippen molar-refractivity contribution >= 4 is 23.0 Å². The molecule has 1 aromatic carbocycles. The van der Waals surface area contributed by atoms with Gasteiger partial charge in [0.05, 0.1) is 31.0 Å². The summed E-state index contributed by atoms with van der Waals surface area (Å²) in [6, 6.07) is 12.9. The Morgan fingerprint density at radius 1 is 1.03 bits per heavy atom. The van der Waals surface area contributed by atoms with Crippen LogP contribution < -0.4 is 9.64 Å². The molecule has 0 spiro atoms. The van der Waals surface area contributed by atoms with Crippen molar-refractivity contribution in [2.45, 2.75) is 6.10 Å². The number of pyridine rings is 1. The standard InChI is InChI=1S/C21H20N4O4/c26-20(23-9-11-28-12-10-23)18-13-25(15-5-1-2-7-17(15)29-18)21(27)19-16-6-3-4-8-24(16)14-22-19/h1-8,14,18H,9-13H2. The third-order valence-corrected chi connectivity index (χ3v) is 5.26. The summed E-state index contributed by atoms with van der Waals surface area (Å²) in [5.74, 6) is 0.131. The van der Waals surface area contributed by atoms with Crippen LogP contribution in [0.1, 0.15) is 10.5 Å². The molecule has 8 nitrogen and oxygen atoms in total. The Bertz CT molecular complexity index is 1070. The van der Waals surface area contributed by atoms with E-state index in [2.05, 4.69) is 4.98 Å². The number of ether oxygens (including phenoxy) is 2. The Labute approximate surface area is 167 Å². The fourth-order valence-electron chi connectivity index (χ4n) is 3.78. The zero-order valence-electron chi connectivity index (χ0n) is 15.7. The third kappa shape index (κ3) is 3.11. The van der Waals surface area contributed by atoms with E-state index in [9.17, 15) is 9.59 Å². The zero-order chi connectivity index (χ0) is 19.8. The van der Waals surface area contributed by atoms with Gasteiger partial charge in [-0.3, -0.25) is 14.5 Å². The van der Waals surface area contributed by atoms with Gasteiger partial charge in [0.1, 0.15) is 12.1 Å². The van der Waals surface area contributed by atoms with Crippen LogP contribution in [0, 0.1) is 0 Å². The first-order chi connectivity index (χ1) is 14.2. The normalized spacial score (nSPS) is 19.0. The molecule has 1 saturated heterocycles. The number of para-hydroxylation sites is 2. The van der Waals surface area contributed by atoms with Crippen LogP contribution in [-0.2, 0) is 9.53 Å². The van der Waals surface area contributed by atoms with Gasteiger partial charge in [0.25, 0.3) is 11.8 Å². The van der Waals surface area contributed by atoms with Crippen molar-refractivity contribution in [1.29, 1.82) is 0 Å². The first-order valence-corrected chi connectivity index (χ1v) is 9.58. The Hall–Kier alpha value is -3.39. The van der Waals surface area contributed by atoms with Gasteiger partial charge in [0, 0.05) is 19.3 Å². The van der Waals surface area contributed by atoms with E-state index in [0.717, 1.165) is 5.52 Å². The average Bonchev–Trinajstić information content (AvgIpc) is 3.22. The molecular weight excluding hydrogens is 372 g/mol. The molecule has 29 heavy (non-hydrogen) atoms. The predicted octanol–water partition coefficient (Wildman–Crippen LogP) is 1.60. The van der Waals surface area contributed by atoms with Gasteiger partial charge in [-0.15, -0.1) is 0 Å². The number of hydrogen-bond donors (Lipinski definition) is 0. The summed E-state index contributed by atoms with van der Waals surface area (Å²) in [7, 11) is 0. The lowest BCUT2D eigenvalue weighted by atomic mass is 10.1. The number of anilines is 1. The number of rotatable bonds is 2. The van der Waals surface area contributed by atoms with Crippen LogP contribution in [0.25, 0.3) is 5.52 Å². The van der Waals surface area contributed by atoms with Gasteiger partial charge in [-0.1, -0.05) is 18.2 Å². The Kier molecular flexibility index (Phi) is 4.40. The van der Waals surface area contributed by atoms with E-state index < -0.39 is 6.10 Å². The van der Waals surface area contributed by atoms with Gasteiger partial charge >= 0.3 is 0 Å². The van der Waals surface area contributed by atoms with Crippen LogP contribution in [0.2, 0.25) is 0 Å². The Morgan fingerprint density at radius 2 is 1.83 bits per heavy atom. The van der Waals surface area contributed by atoms with E-state index in [1.54, 1.807) is 26.6 Å². The molecule has 5 rings (SSSR count). The number of fused-ring (bicyclic) bond motifs is 2. The number of hydrogen-bond acceptors (Lipinski definition) is 5. The van der Waals surface area contributed by atoms with Crippen LogP contribution in [0.15, 0.2) is 55.0 Å². The van der Waals surface area contributed by atoms with Crippen LogP contribution in [0.3, 0.4) is 0 Å². The van der Waals surface area contributed by atoms with Crippen molar-refractivity contribution < 1.29 is 19.1 Å². The average molecular weight is 392 g/mol. The van der Waals surface area contributed by atoms with Crippen LogP contribution in [0.4, 0.5) is 5.69 Å². The third-order valence-electron chi connectivity index (χ3n) is 5.26. The number of aromatic nitrogens is 2. The maximum Gasteiger partial charge on any atom is 0.279 e. The second kappa shape index (κ2) is 7.21. The monoisotopic (exact) mass is 392 g/mol. The molecule has 3 aromatic rings. The molecule has 2 amide bonds. The highest BCUT2D eigenvalue weighted by Gasteiger charge is 2.37. The highest BCUT2D eigenvalue weighted by molar-refractivity contribution is 6.10. The first kappa shape index (κ1) is 17.7. The molecule has 1 fully saturated rings. The fourth-order valence-corrected chi connectivity index (χ4v) is 3.78. The Balaban J connectivity index is 1.49. The van der Waals surface area contributed by atoms with Gasteiger partial charge in [-0.05, 0) is 24.3 Å². The van der Waals surface area contributed by atoms with Crippen molar-refractivity contribution in [3.05, 3.63) is 60.7 Å². The summed E-state index contributed by atoms with van der Waals surface area (Å²) in [6.45, 7) is 2.22. The predicted molar refractivity (Wildman–Crippen MR) is 105 cm³/mol. The van der Waals surface area contributed by atoms with Crippen LogP contribution >= 0.6 is 0 Å². The van der Waals surface area contributed by atoms with E-state index in [4.69, 9.17) is 9.47 Å². The fraction of sp³-hybridized carbons (Fsp3) is 0.286. The molecule has 2 aromatic heterocycles. The summed E-state index contributed by atoms with van der Waals surface area (Å²) in [4.78, 5) is 34.1. The molecule has 8 heteroatoms. The molecule has 148 valence electrons. The quantitative estimate of drug-likeness (QED) is 0.662. The Morgan fingerprint density at radius 3 is 2.69 bits per heavy atom. The molecule has 0 radical (unpaired) electrons. The number of nitrogens with zero attached hydrogens (tertiary/aromatic N) is 4. The van der Waals surface area contributed by atoms with Gasteiger partial charge in [-0.25, -0.2) is 4.98 Å². The summed E-state index contributed by atoms with van der Waals surface area (Å²) in [6.07, 6.45) is 2.70. The number of amides is 2. The van der Waals surface area contributed by atoms with Gasteiger partial charge in [0.15, 0.2) is 11.8 Å². The van der Waals surface area contributed by atoms with E-state index in [0.29, 0.717) is 43.4 Å². The first-order valence-electron chi connectivity index (χ1n) is 9.58. The molecule has 1 unspecified atom stereocenters. The maximum atomic E-state index is 13.4. The number of carbonyl (C=O) groups is 2. The lowest BCUT2D eigenvalue weighted by Gasteiger charge is -2.37. The van der Waals surface area contributed by atoms with E-state index in [-0.39, 0.29) is 18.4 Å². The zero-order valence-corrected chi connectivity index (χ0v) is 15.7. The van der Waals surface area contributed by atoms with Crippen LogP contribution in [-0.4, -0.2) is 65.1 Å². The van der Waals surface area contributed by atoms with Crippen LogP contribution in [0.5, 0.6) is 5.75 Å². The number of benzene rings is 1. The van der Waals surface area contributed by atoms with Crippen molar-refractivity contribution in [3.63, 3.8) is 0 Å².